The second kappa shape index (κ2) is 7.47. The zero-order chi connectivity index (χ0) is 21.6. The molecule has 30 heavy (non-hydrogen) atoms. The summed E-state index contributed by atoms with van der Waals surface area (Å²) in [4.78, 5) is 29.6. The number of likely N-dealkylation sites (N-methyl/N-ethyl adjacent to an activating group) is 1. The molecule has 1 saturated heterocycles. The number of nitrogens with zero attached hydrogens (tertiary/aromatic N) is 2. The van der Waals surface area contributed by atoms with Crippen molar-refractivity contribution in [3.8, 4) is 0 Å². The average Bonchev–Trinajstić information content (AvgIpc) is 2.96. The Morgan fingerprint density at radius 3 is 2.43 bits per heavy atom. The van der Waals surface area contributed by atoms with Crippen LogP contribution in [0, 0.1) is 6.92 Å². The summed E-state index contributed by atoms with van der Waals surface area (Å²) in [6.45, 7) is 11.7. The first-order chi connectivity index (χ1) is 14.2. The number of hydrogen-bond donors (Lipinski definition) is 0. The molecule has 0 aliphatic carbocycles. The van der Waals surface area contributed by atoms with Crippen LogP contribution in [0.15, 0.2) is 53.4 Å². The third-order valence-electron chi connectivity index (χ3n) is 5.78. The van der Waals surface area contributed by atoms with Gasteiger partial charge >= 0.3 is 0 Å². The van der Waals surface area contributed by atoms with Gasteiger partial charge in [-0.3, -0.25) is 9.59 Å². The quantitative estimate of drug-likeness (QED) is 0.552. The first-order valence-electron chi connectivity index (χ1n) is 10.2. The molecular weight excluding hydrogens is 392 g/mol. The average molecular weight is 419 g/mol. The van der Waals surface area contributed by atoms with Gasteiger partial charge in [0.05, 0.1) is 16.1 Å². The van der Waals surface area contributed by atoms with E-state index in [-0.39, 0.29) is 16.7 Å². The lowest BCUT2D eigenvalue weighted by Crippen LogP contribution is -2.44. The molecule has 0 N–H and O–H groups in total. The van der Waals surface area contributed by atoms with Gasteiger partial charge in [0.2, 0.25) is 0 Å². The number of carbonyl (C=O) groups is 2. The van der Waals surface area contributed by atoms with Gasteiger partial charge in [-0.2, -0.15) is 0 Å². The normalized spacial score (nSPS) is 19.4. The van der Waals surface area contributed by atoms with Crippen LogP contribution in [0.1, 0.15) is 44.4 Å². The summed E-state index contributed by atoms with van der Waals surface area (Å²) >= 11 is 0.997. The Morgan fingerprint density at radius 2 is 1.77 bits per heavy atom. The van der Waals surface area contributed by atoms with Crippen molar-refractivity contribution in [3.05, 3.63) is 70.1 Å². The maximum atomic E-state index is 13.0. The molecule has 2 aromatic carbocycles. The minimum Gasteiger partial charge on any atom is -0.363 e. The van der Waals surface area contributed by atoms with Gasteiger partial charge in [0.1, 0.15) is 0 Å². The Kier molecular flexibility index (Phi) is 5.10. The first-order valence-corrected chi connectivity index (χ1v) is 11.0. The molecule has 0 radical (unpaired) electrons. The van der Waals surface area contributed by atoms with Crippen molar-refractivity contribution in [1.82, 2.24) is 0 Å². The largest absolute Gasteiger partial charge is 0.363 e. The summed E-state index contributed by atoms with van der Waals surface area (Å²) in [5.74, 6) is -0.267. The van der Waals surface area contributed by atoms with Crippen LogP contribution in [0.4, 0.5) is 16.2 Å². The molecule has 1 fully saturated rings. The van der Waals surface area contributed by atoms with Crippen LogP contribution in [-0.4, -0.2) is 23.2 Å². The smallest absolute Gasteiger partial charge is 0.298 e. The van der Waals surface area contributed by atoms with Crippen molar-refractivity contribution >= 4 is 45.9 Å². The predicted molar refractivity (Wildman–Crippen MR) is 127 cm³/mol. The second-order valence-electron chi connectivity index (χ2n) is 8.30. The van der Waals surface area contributed by atoms with Crippen LogP contribution in [0.3, 0.4) is 0 Å². The highest BCUT2D eigenvalue weighted by Crippen LogP contribution is 2.41. The molecule has 2 amide bonds. The number of carbonyl (C=O) groups excluding carboxylic acids is 2. The molecule has 0 bridgehead atoms. The van der Waals surface area contributed by atoms with Crippen molar-refractivity contribution in [3.63, 3.8) is 0 Å². The third kappa shape index (κ3) is 3.37. The van der Waals surface area contributed by atoms with Crippen molar-refractivity contribution < 1.29 is 9.59 Å². The van der Waals surface area contributed by atoms with E-state index in [0.717, 1.165) is 29.4 Å². The highest BCUT2D eigenvalue weighted by molar-refractivity contribution is 8.19. The van der Waals surface area contributed by atoms with Crippen molar-refractivity contribution in [2.24, 2.45) is 0 Å². The van der Waals surface area contributed by atoms with Crippen LogP contribution in [0.2, 0.25) is 0 Å². The number of benzene rings is 2. The Morgan fingerprint density at radius 1 is 1.07 bits per heavy atom. The van der Waals surface area contributed by atoms with E-state index in [1.807, 2.05) is 24.3 Å². The number of anilines is 2. The van der Waals surface area contributed by atoms with Gasteiger partial charge in [0.15, 0.2) is 0 Å². The van der Waals surface area contributed by atoms with E-state index in [2.05, 4.69) is 57.7 Å². The lowest BCUT2D eigenvalue weighted by Gasteiger charge is -2.43. The number of para-hydroxylation sites is 1. The molecule has 2 heterocycles. The number of imide groups is 1. The van der Waals surface area contributed by atoms with E-state index < -0.39 is 0 Å². The number of aryl methyl sites for hydroxylation is 1. The zero-order valence-electron chi connectivity index (χ0n) is 18.0. The Hall–Kier alpha value is -2.79. The maximum Gasteiger partial charge on any atom is 0.298 e. The van der Waals surface area contributed by atoms with E-state index >= 15 is 0 Å². The van der Waals surface area contributed by atoms with Gasteiger partial charge in [-0.1, -0.05) is 24.3 Å². The minimum atomic E-state index is -0.267. The van der Waals surface area contributed by atoms with Gasteiger partial charge in [-0.25, -0.2) is 4.90 Å². The number of hydrogen-bond acceptors (Lipinski definition) is 4. The summed E-state index contributed by atoms with van der Waals surface area (Å²) in [5.41, 5.74) is 6.24. The van der Waals surface area contributed by atoms with E-state index in [1.54, 1.807) is 12.1 Å². The fourth-order valence-corrected chi connectivity index (χ4v) is 5.22. The molecule has 2 aliphatic rings. The second-order valence-corrected chi connectivity index (χ2v) is 9.30. The summed E-state index contributed by atoms with van der Waals surface area (Å²) in [6.07, 6.45) is 4.15. The molecular formula is C25H26N2O2S. The highest BCUT2D eigenvalue weighted by Gasteiger charge is 2.36. The lowest BCUT2D eigenvalue weighted by molar-refractivity contribution is -0.113. The van der Waals surface area contributed by atoms with Crippen LogP contribution in [0.25, 0.3) is 11.6 Å². The Bertz CT molecular complexity index is 1100. The monoisotopic (exact) mass is 418 g/mol. The number of fused-ring (bicyclic) bond motifs is 1. The first kappa shape index (κ1) is 20.5. The number of thioether (sulfide) groups is 1. The van der Waals surface area contributed by atoms with Crippen LogP contribution >= 0.6 is 11.8 Å². The molecule has 154 valence electrons. The number of allylic oxidation sites excluding steroid dienone is 1. The Labute approximate surface area is 182 Å². The molecule has 4 nitrogen and oxygen atoms in total. The van der Waals surface area contributed by atoms with E-state index in [0.29, 0.717) is 10.6 Å². The van der Waals surface area contributed by atoms with Gasteiger partial charge in [0, 0.05) is 17.8 Å². The molecule has 0 saturated carbocycles. The number of amides is 2. The summed E-state index contributed by atoms with van der Waals surface area (Å²) in [6, 6.07) is 13.4. The van der Waals surface area contributed by atoms with E-state index in [1.165, 1.54) is 21.7 Å². The van der Waals surface area contributed by atoms with E-state index in [4.69, 9.17) is 0 Å². The van der Waals surface area contributed by atoms with Crippen LogP contribution < -0.4 is 9.80 Å². The van der Waals surface area contributed by atoms with Crippen molar-refractivity contribution in [2.75, 3.05) is 16.3 Å². The van der Waals surface area contributed by atoms with Gasteiger partial charge < -0.3 is 4.90 Å². The number of rotatable bonds is 3. The zero-order valence-corrected chi connectivity index (χ0v) is 18.8. The van der Waals surface area contributed by atoms with Crippen molar-refractivity contribution in [2.45, 2.75) is 40.2 Å². The topological polar surface area (TPSA) is 40.6 Å². The standard InChI is InChI=1S/C25H26N2O2S/c1-6-26-21-12-16(2)18(13-20(21)17(3)15-25(26,4)5)14-22-23(28)27(24(29)30-22)19-10-8-7-9-11-19/h7-15H,6H2,1-5H3/b22-14+. The van der Waals surface area contributed by atoms with Crippen LogP contribution in [0.5, 0.6) is 0 Å². The van der Waals surface area contributed by atoms with E-state index in [9.17, 15) is 9.59 Å². The molecule has 2 aromatic rings. The molecule has 0 atom stereocenters. The fraction of sp³-hybridized carbons (Fsp3) is 0.280. The van der Waals surface area contributed by atoms with Gasteiger partial charge in [-0.15, -0.1) is 0 Å². The summed E-state index contributed by atoms with van der Waals surface area (Å²) < 4.78 is 0. The predicted octanol–water partition coefficient (Wildman–Crippen LogP) is 6.26. The minimum absolute atomic E-state index is 0.0435. The Balaban J connectivity index is 1.75. The third-order valence-corrected chi connectivity index (χ3v) is 6.65. The van der Waals surface area contributed by atoms with Crippen LogP contribution in [-0.2, 0) is 4.79 Å². The van der Waals surface area contributed by atoms with Gasteiger partial charge in [-0.05, 0) is 93.4 Å². The summed E-state index contributed by atoms with van der Waals surface area (Å²) in [7, 11) is 0. The van der Waals surface area contributed by atoms with Gasteiger partial charge in [0.25, 0.3) is 11.1 Å². The van der Waals surface area contributed by atoms with Crippen molar-refractivity contribution in [1.29, 1.82) is 0 Å². The molecule has 5 heteroatoms. The highest BCUT2D eigenvalue weighted by atomic mass is 32.2. The molecule has 2 aliphatic heterocycles. The maximum absolute atomic E-state index is 13.0. The molecule has 0 unspecified atom stereocenters. The molecule has 4 rings (SSSR count). The fourth-order valence-electron chi connectivity index (χ4n) is 4.39. The lowest BCUT2D eigenvalue weighted by atomic mass is 9.87. The molecule has 0 aromatic heterocycles. The SMILES string of the molecule is CCN1c2cc(C)c(/C=C3/SC(=O)N(c4ccccc4)C3=O)cc2C(C)=CC1(C)C. The summed E-state index contributed by atoms with van der Waals surface area (Å²) in [5, 5.41) is -0.261. The molecule has 0 spiro atoms.